The molecule has 3 aromatic heterocycles. The Balaban J connectivity index is 0.902. The molecule has 1 aliphatic carbocycles. The van der Waals surface area contributed by atoms with E-state index in [-0.39, 0.29) is 5.41 Å². The first-order chi connectivity index (χ1) is 33.4. The second-order valence-corrected chi connectivity index (χ2v) is 18.1. The van der Waals surface area contributed by atoms with Crippen molar-refractivity contribution in [3.05, 3.63) is 223 Å². The molecule has 0 unspecified atom stereocenters. The van der Waals surface area contributed by atoms with E-state index < -0.39 is 0 Å². The number of fused-ring (bicyclic) bond motifs is 8. The van der Waals surface area contributed by atoms with Gasteiger partial charge in [-0.3, -0.25) is 0 Å². The summed E-state index contributed by atoms with van der Waals surface area (Å²) < 4.78 is 6.35. The van der Waals surface area contributed by atoms with Crippen LogP contribution in [0, 0.1) is 0 Å². The highest BCUT2D eigenvalue weighted by Gasteiger charge is 2.35. The van der Waals surface area contributed by atoms with E-state index in [1.54, 1.807) is 0 Å². The lowest BCUT2D eigenvalue weighted by atomic mass is 9.82. The summed E-state index contributed by atoms with van der Waals surface area (Å²) in [5.74, 6) is 2.46. The van der Waals surface area contributed by atoms with Gasteiger partial charge < -0.3 is 4.42 Å². The highest BCUT2D eigenvalue weighted by molar-refractivity contribution is 6.19. The average molecular weight is 872 g/mol. The fraction of sp³-hybridized carbons (Fsp3) is 0.0484. The maximum absolute atomic E-state index is 6.35. The second-order valence-electron chi connectivity index (χ2n) is 18.1. The third-order valence-electron chi connectivity index (χ3n) is 13.5. The van der Waals surface area contributed by atoms with Crippen molar-refractivity contribution in [3.63, 3.8) is 0 Å². The zero-order chi connectivity index (χ0) is 45.3. The molecular weight excluding hydrogens is 831 g/mol. The number of rotatable bonds is 7. The van der Waals surface area contributed by atoms with Gasteiger partial charge >= 0.3 is 0 Å². The summed E-state index contributed by atoms with van der Waals surface area (Å²) in [6, 6.07) is 73.8. The molecule has 9 aromatic carbocycles. The molecule has 0 saturated carbocycles. The lowest BCUT2D eigenvalue weighted by Gasteiger charge is -2.22. The first-order valence-corrected chi connectivity index (χ1v) is 23.0. The molecule has 0 saturated heterocycles. The first kappa shape index (κ1) is 39.5. The molecule has 0 aliphatic heterocycles. The largest absolute Gasteiger partial charge is 0.456 e. The van der Waals surface area contributed by atoms with E-state index in [9.17, 15) is 0 Å². The van der Waals surface area contributed by atoms with E-state index in [4.69, 9.17) is 29.3 Å². The molecule has 68 heavy (non-hydrogen) atoms. The van der Waals surface area contributed by atoms with Crippen LogP contribution in [0.15, 0.2) is 217 Å². The highest BCUT2D eigenvalue weighted by atomic mass is 16.3. The number of hydrogen-bond acceptors (Lipinski definition) is 6. The Morgan fingerprint density at radius 3 is 1.57 bits per heavy atom. The maximum atomic E-state index is 6.35. The number of aromatic nitrogens is 5. The number of benzene rings is 9. The highest BCUT2D eigenvalue weighted by Crippen LogP contribution is 2.49. The molecule has 1 aliphatic rings. The summed E-state index contributed by atoms with van der Waals surface area (Å²) >= 11 is 0. The minimum absolute atomic E-state index is 0.130. The Morgan fingerprint density at radius 1 is 0.324 bits per heavy atom. The summed E-state index contributed by atoms with van der Waals surface area (Å²) in [4.78, 5) is 25.8. The molecule has 0 N–H and O–H groups in total. The zero-order valence-electron chi connectivity index (χ0n) is 37.4. The molecule has 6 nitrogen and oxygen atoms in total. The third kappa shape index (κ3) is 6.68. The fourth-order valence-electron chi connectivity index (χ4n) is 10.1. The molecule has 13 rings (SSSR count). The van der Waals surface area contributed by atoms with Crippen molar-refractivity contribution in [2.24, 2.45) is 0 Å². The van der Waals surface area contributed by atoms with E-state index in [2.05, 4.69) is 166 Å². The standard InChI is InChI=1S/C62H41N5O/c1-62(2)51-26-12-11-25-48(51)49-30-27-44(36-52(49)62)54-37-53(63-58(64-54)39-16-5-3-6-17-39)43-22-13-20-41(33-43)42-21-14-23-45(34-42)60-65-59(40-18-7-4-8-19-40)66-61(67-60)46-29-31-55-50(35-46)57-47-24-10-9-15-38(47)28-32-56(57)68-55/h3-37H,1-2H3. The predicted molar refractivity (Wildman–Crippen MR) is 276 cm³/mol. The van der Waals surface area contributed by atoms with Gasteiger partial charge in [0.1, 0.15) is 11.2 Å². The monoisotopic (exact) mass is 871 g/mol. The molecular formula is C62H41N5O. The van der Waals surface area contributed by atoms with Crippen LogP contribution in [0.3, 0.4) is 0 Å². The van der Waals surface area contributed by atoms with Gasteiger partial charge in [-0.25, -0.2) is 24.9 Å². The molecule has 0 bridgehead atoms. The van der Waals surface area contributed by atoms with E-state index in [1.165, 1.54) is 22.3 Å². The van der Waals surface area contributed by atoms with Crippen LogP contribution in [0.4, 0.5) is 0 Å². The number of hydrogen-bond donors (Lipinski definition) is 0. The van der Waals surface area contributed by atoms with Crippen molar-refractivity contribution in [1.29, 1.82) is 0 Å². The Labute approximate surface area is 393 Å². The minimum atomic E-state index is -0.130. The van der Waals surface area contributed by atoms with Crippen LogP contribution in [-0.4, -0.2) is 24.9 Å². The molecule has 0 spiro atoms. The Bertz CT molecular complexity index is 3950. The average Bonchev–Trinajstić information content (AvgIpc) is 3.90. The zero-order valence-corrected chi connectivity index (χ0v) is 37.4. The fourth-order valence-corrected chi connectivity index (χ4v) is 10.1. The number of nitrogens with zero attached hydrogens (tertiary/aromatic N) is 5. The Hall–Kier alpha value is -8.87. The van der Waals surface area contributed by atoms with Crippen molar-refractivity contribution in [1.82, 2.24) is 24.9 Å². The summed E-state index contributed by atoms with van der Waals surface area (Å²) in [5, 5.41) is 4.42. The van der Waals surface area contributed by atoms with Crippen LogP contribution >= 0.6 is 0 Å². The van der Waals surface area contributed by atoms with Gasteiger partial charge in [0.25, 0.3) is 0 Å². The van der Waals surface area contributed by atoms with Crippen molar-refractivity contribution in [3.8, 4) is 90.3 Å². The van der Waals surface area contributed by atoms with Gasteiger partial charge in [0, 0.05) is 49.6 Å². The van der Waals surface area contributed by atoms with Gasteiger partial charge in [0.2, 0.25) is 0 Å². The van der Waals surface area contributed by atoms with Crippen LogP contribution in [0.5, 0.6) is 0 Å². The van der Waals surface area contributed by atoms with Gasteiger partial charge in [-0.1, -0.05) is 178 Å². The molecule has 0 atom stereocenters. The Morgan fingerprint density at radius 2 is 0.838 bits per heavy atom. The van der Waals surface area contributed by atoms with Crippen molar-refractivity contribution < 1.29 is 4.42 Å². The van der Waals surface area contributed by atoms with Crippen molar-refractivity contribution in [2.45, 2.75) is 19.3 Å². The summed E-state index contributed by atoms with van der Waals surface area (Å²) in [6.45, 7) is 4.63. The van der Waals surface area contributed by atoms with E-state index in [1.807, 2.05) is 60.7 Å². The van der Waals surface area contributed by atoms with Gasteiger partial charge in [0.05, 0.1) is 11.4 Å². The predicted octanol–water partition coefficient (Wildman–Crippen LogP) is 15.7. The first-order valence-electron chi connectivity index (χ1n) is 23.0. The van der Waals surface area contributed by atoms with Crippen LogP contribution in [0.1, 0.15) is 25.0 Å². The van der Waals surface area contributed by atoms with Crippen LogP contribution in [0.25, 0.3) is 123 Å². The number of furan rings is 1. The van der Waals surface area contributed by atoms with Crippen LogP contribution in [-0.2, 0) is 5.41 Å². The molecule has 0 amide bonds. The summed E-state index contributed by atoms with van der Waals surface area (Å²) in [5.41, 5.74) is 16.3. The third-order valence-corrected chi connectivity index (χ3v) is 13.5. The van der Waals surface area contributed by atoms with Gasteiger partial charge in [-0.05, 0) is 92.7 Å². The lowest BCUT2D eigenvalue weighted by molar-refractivity contribution is 0.660. The molecule has 320 valence electrons. The Kier molecular flexibility index (Phi) is 9.08. The lowest BCUT2D eigenvalue weighted by Crippen LogP contribution is -2.14. The van der Waals surface area contributed by atoms with E-state index in [0.29, 0.717) is 23.3 Å². The topological polar surface area (TPSA) is 77.6 Å². The maximum Gasteiger partial charge on any atom is 0.164 e. The van der Waals surface area contributed by atoms with E-state index >= 15 is 0 Å². The van der Waals surface area contributed by atoms with E-state index in [0.717, 1.165) is 88.6 Å². The van der Waals surface area contributed by atoms with Gasteiger partial charge in [-0.2, -0.15) is 0 Å². The second kappa shape index (κ2) is 15.6. The van der Waals surface area contributed by atoms with Crippen LogP contribution in [0.2, 0.25) is 0 Å². The smallest absolute Gasteiger partial charge is 0.164 e. The minimum Gasteiger partial charge on any atom is -0.456 e. The molecule has 0 fully saturated rings. The van der Waals surface area contributed by atoms with Crippen molar-refractivity contribution in [2.75, 3.05) is 0 Å². The molecule has 3 heterocycles. The molecule has 12 aromatic rings. The van der Waals surface area contributed by atoms with Gasteiger partial charge in [-0.15, -0.1) is 0 Å². The quantitative estimate of drug-likeness (QED) is 0.159. The van der Waals surface area contributed by atoms with Crippen molar-refractivity contribution >= 4 is 32.7 Å². The molecule has 0 radical (unpaired) electrons. The summed E-state index contributed by atoms with van der Waals surface area (Å²) in [7, 11) is 0. The molecule has 6 heteroatoms. The van der Waals surface area contributed by atoms with Gasteiger partial charge in [0.15, 0.2) is 23.3 Å². The SMILES string of the molecule is CC1(C)c2ccccc2-c2ccc(-c3cc(-c4cccc(-c5cccc(-c6nc(-c7ccccc7)nc(-c7ccc8oc9ccc%10ccccc%10c9c8c7)n6)c5)c4)nc(-c4ccccc4)n3)cc21. The van der Waals surface area contributed by atoms with Crippen LogP contribution < -0.4 is 0 Å². The normalized spacial score (nSPS) is 12.7. The summed E-state index contributed by atoms with van der Waals surface area (Å²) in [6.07, 6.45) is 0.